The molecule has 1 fully saturated rings. The Morgan fingerprint density at radius 3 is 3.27 bits per heavy atom. The predicted molar refractivity (Wildman–Crippen MR) is 82.5 cm³/mol. The number of ether oxygens (including phenoxy) is 2. The van der Waals surface area contributed by atoms with E-state index in [-0.39, 0.29) is 5.92 Å². The predicted octanol–water partition coefficient (Wildman–Crippen LogP) is 1.50. The van der Waals surface area contributed by atoms with Gasteiger partial charge in [0.1, 0.15) is 12.2 Å². The van der Waals surface area contributed by atoms with Crippen molar-refractivity contribution in [3.8, 4) is 11.5 Å². The van der Waals surface area contributed by atoms with Crippen LogP contribution in [0.25, 0.3) is 0 Å². The molecular weight excluding hydrogens is 278 g/mol. The zero-order valence-corrected chi connectivity index (χ0v) is 12.6. The maximum atomic E-state index is 9.27. The van der Waals surface area contributed by atoms with Crippen LogP contribution in [0.3, 0.4) is 0 Å². The second kappa shape index (κ2) is 4.06. The summed E-state index contributed by atoms with van der Waals surface area (Å²) in [5.74, 6) is 0.693. The van der Waals surface area contributed by atoms with E-state index in [1.807, 2.05) is 18.0 Å². The molecule has 4 heteroatoms. The summed E-state index contributed by atoms with van der Waals surface area (Å²) in [5.41, 5.74) is 0.544. The highest BCUT2D eigenvalue weighted by atomic mass is 16.5. The molecule has 0 aromatic heterocycles. The molecule has 0 amide bonds. The maximum Gasteiger partial charge on any atom is 0.211 e. The average molecular weight is 303 g/mol. The molecule has 2 bridgehead atoms. The highest BCUT2D eigenvalue weighted by Gasteiger charge is 2.64. The highest BCUT2D eigenvalue weighted by molar-refractivity contribution is 5.62. The van der Waals surface area contributed by atoms with Crippen LogP contribution < -0.4 is 9.47 Å². The van der Waals surface area contributed by atoms with E-state index in [4.69, 9.17) is 18.8 Å². The minimum absolute atomic E-state index is 0.235. The summed E-state index contributed by atoms with van der Waals surface area (Å²) in [7, 11) is 3.48. The summed E-state index contributed by atoms with van der Waals surface area (Å²) < 4.78 is 46.2. The Labute approximate surface area is 136 Å². The van der Waals surface area contributed by atoms with Gasteiger partial charge in [0.25, 0.3) is 0 Å². The number of likely N-dealkylation sites (tertiary alicyclic amines) is 1. The van der Waals surface area contributed by atoms with Crippen molar-refractivity contribution in [3.63, 3.8) is 0 Å². The van der Waals surface area contributed by atoms with Crippen molar-refractivity contribution in [2.75, 3.05) is 20.7 Å². The van der Waals surface area contributed by atoms with Crippen molar-refractivity contribution in [3.05, 3.63) is 35.4 Å². The van der Waals surface area contributed by atoms with Crippen LogP contribution in [0.2, 0.25) is 0 Å². The Hall–Kier alpha value is -1.52. The van der Waals surface area contributed by atoms with Gasteiger partial charge in [0.15, 0.2) is 11.5 Å². The highest BCUT2D eigenvalue weighted by Crippen LogP contribution is 2.62. The van der Waals surface area contributed by atoms with Crippen LogP contribution in [-0.2, 0) is 11.8 Å². The summed E-state index contributed by atoms with van der Waals surface area (Å²) in [4.78, 5) is 2.05. The van der Waals surface area contributed by atoms with Crippen LogP contribution in [-0.4, -0.2) is 50.4 Å². The smallest absolute Gasteiger partial charge is 0.211 e. The lowest BCUT2D eigenvalue weighted by Gasteiger charge is -2.56. The molecule has 0 radical (unpaired) electrons. The standard InChI is InChI=1S/C18H21NO3/c1-19-8-7-18-11-4-5-13(20)17(18)22-16-14(21-2)6-3-10(15(16)18)9-12(11)19/h3-6,11-13,17,20H,7-9H2,1-2H3/t11-,12+,13?,17?,18-/m0/s1/i9D2,17D,20D. The van der Waals surface area contributed by atoms with Gasteiger partial charge in [-0.3, -0.25) is 0 Å². The van der Waals surface area contributed by atoms with E-state index in [1.54, 1.807) is 25.3 Å². The van der Waals surface area contributed by atoms with Gasteiger partial charge in [0.05, 0.1) is 8.48 Å². The van der Waals surface area contributed by atoms with Crippen LogP contribution in [0.1, 0.15) is 21.7 Å². The first-order chi connectivity index (χ1) is 12.3. The molecule has 1 aromatic rings. The Bertz CT molecular complexity index is 831. The van der Waals surface area contributed by atoms with Gasteiger partial charge < -0.3 is 19.5 Å². The summed E-state index contributed by atoms with van der Waals surface area (Å²) >= 11 is 0. The van der Waals surface area contributed by atoms with Gasteiger partial charge in [-0.05, 0) is 38.0 Å². The minimum Gasteiger partial charge on any atom is -0.493 e. The van der Waals surface area contributed by atoms with Gasteiger partial charge in [0.2, 0.25) is 1.43 Å². The number of aliphatic hydroxyl groups excluding tert-OH is 1. The third-order valence-electron chi connectivity index (χ3n) is 5.74. The number of aliphatic hydroxyl groups is 1. The molecule has 0 saturated carbocycles. The fourth-order valence-electron chi connectivity index (χ4n) is 4.74. The molecule has 5 atom stereocenters. The van der Waals surface area contributed by atoms with Crippen molar-refractivity contribution < 1.29 is 18.7 Å². The average Bonchev–Trinajstić information content (AvgIpc) is 2.88. The zero-order valence-electron chi connectivity index (χ0n) is 16.6. The first-order valence-electron chi connectivity index (χ1n) is 9.65. The number of nitrogens with zero attached hydrogens (tertiary/aromatic N) is 1. The normalized spacial score (nSPS) is 49.3. The van der Waals surface area contributed by atoms with Crippen LogP contribution in [0.4, 0.5) is 0 Å². The Balaban J connectivity index is 1.91. The molecule has 2 aliphatic heterocycles. The number of piperidine rings is 1. The van der Waals surface area contributed by atoms with Crippen molar-refractivity contribution >= 4 is 0 Å². The third kappa shape index (κ3) is 1.28. The molecule has 22 heavy (non-hydrogen) atoms. The molecule has 2 unspecified atom stereocenters. The molecule has 1 saturated heterocycles. The van der Waals surface area contributed by atoms with Gasteiger partial charge in [-0.25, -0.2) is 0 Å². The first-order valence-corrected chi connectivity index (χ1v) is 7.74. The lowest BCUT2D eigenvalue weighted by molar-refractivity contribution is -0.0453. The van der Waals surface area contributed by atoms with Gasteiger partial charge in [-0.2, -0.15) is 0 Å². The van der Waals surface area contributed by atoms with Crippen LogP contribution in [0.15, 0.2) is 24.3 Å². The van der Waals surface area contributed by atoms with E-state index in [0.29, 0.717) is 30.0 Å². The van der Waals surface area contributed by atoms with E-state index < -0.39 is 30.0 Å². The monoisotopic (exact) mass is 303 g/mol. The molecular formula is C18H21NO3. The first kappa shape index (κ1) is 9.58. The molecule has 1 spiro atoms. The summed E-state index contributed by atoms with van der Waals surface area (Å²) in [6.45, 7) is 0.652. The summed E-state index contributed by atoms with van der Waals surface area (Å²) in [6.07, 6.45) is 0.307. The van der Waals surface area contributed by atoms with Crippen LogP contribution in [0, 0.1) is 5.92 Å². The van der Waals surface area contributed by atoms with Gasteiger partial charge in [0, 0.05) is 25.7 Å². The quantitative estimate of drug-likeness (QED) is 0.841. The van der Waals surface area contributed by atoms with Crippen molar-refractivity contribution in [1.29, 1.82) is 1.43 Å². The summed E-state index contributed by atoms with van der Waals surface area (Å²) in [6, 6.07) is 3.08. The molecule has 116 valence electrons. The Morgan fingerprint density at radius 1 is 1.55 bits per heavy atom. The van der Waals surface area contributed by atoms with E-state index in [2.05, 4.69) is 0 Å². The number of methoxy groups -OCH3 is 1. The number of likely N-dealkylation sites (N-methyl/N-ethyl adjacent to an activating group) is 1. The third-order valence-corrected chi connectivity index (χ3v) is 5.74. The number of benzene rings is 1. The van der Waals surface area contributed by atoms with Gasteiger partial charge in [-0.15, -0.1) is 0 Å². The number of hydrogen-bond donors (Lipinski definition) is 1. The number of hydrogen-bond acceptors (Lipinski definition) is 4. The molecule has 4 aliphatic rings. The molecule has 2 heterocycles. The van der Waals surface area contributed by atoms with Gasteiger partial charge >= 0.3 is 0 Å². The SMILES string of the molecule is [2H]OC1C=C[C@H]2[C@@H]3N(C)CC[C@@]24c2c(ccc(OC)c2OC14[2H])C3([2H])[2H]. The minimum atomic E-state index is -1.59. The lowest BCUT2D eigenvalue weighted by atomic mass is 9.53. The molecule has 1 N–H and O–H groups in total. The van der Waals surface area contributed by atoms with Crippen molar-refractivity contribution in [2.24, 2.45) is 5.92 Å². The van der Waals surface area contributed by atoms with Crippen molar-refractivity contribution in [2.45, 2.75) is 36.4 Å². The second-order valence-electron chi connectivity index (χ2n) is 6.61. The van der Waals surface area contributed by atoms with Gasteiger partial charge in [-0.1, -0.05) is 18.2 Å². The van der Waals surface area contributed by atoms with Crippen LogP contribution >= 0.6 is 0 Å². The fraction of sp³-hybridized carbons (Fsp3) is 0.556. The van der Waals surface area contributed by atoms with E-state index in [0.717, 1.165) is 5.56 Å². The number of rotatable bonds is 2. The zero-order chi connectivity index (χ0) is 18.5. The largest absolute Gasteiger partial charge is 0.493 e. The van der Waals surface area contributed by atoms with Crippen molar-refractivity contribution in [1.82, 2.24) is 4.90 Å². The second-order valence-corrected chi connectivity index (χ2v) is 6.61. The topological polar surface area (TPSA) is 41.9 Å². The molecule has 1 aromatic carbocycles. The Kier molecular flexibility index (Phi) is 1.77. The van der Waals surface area contributed by atoms with Crippen LogP contribution in [0.5, 0.6) is 11.5 Å². The van der Waals surface area contributed by atoms with E-state index >= 15 is 0 Å². The Morgan fingerprint density at radius 2 is 2.45 bits per heavy atom. The fourth-order valence-corrected chi connectivity index (χ4v) is 4.74. The molecule has 4 nitrogen and oxygen atoms in total. The van der Waals surface area contributed by atoms with E-state index in [1.165, 1.54) is 0 Å². The lowest BCUT2D eigenvalue weighted by Crippen LogP contribution is -2.64. The maximum absolute atomic E-state index is 9.27. The van der Waals surface area contributed by atoms with E-state index in [9.17, 15) is 1.37 Å². The summed E-state index contributed by atoms with van der Waals surface area (Å²) in [5, 5.41) is 4.89. The molecule has 2 aliphatic carbocycles. The molecule has 5 rings (SSSR count).